The van der Waals surface area contributed by atoms with Gasteiger partial charge in [0, 0.05) is 23.9 Å². The number of nitrogens with two attached hydrogens (primary N) is 1. The summed E-state index contributed by atoms with van der Waals surface area (Å²) in [5.74, 6) is -6.23. The third kappa shape index (κ3) is 6.53. The van der Waals surface area contributed by atoms with Crippen LogP contribution < -0.4 is 16.5 Å². The second-order valence-corrected chi connectivity index (χ2v) is 9.96. The molecule has 3 amide bonds. The number of Topliss-reactive ketones (excluding diaryl/α,β-unsaturated/α-hetero) is 1. The summed E-state index contributed by atoms with van der Waals surface area (Å²) in [6.45, 7) is -0.174. The number of aliphatic hydroxyl groups is 1. The fourth-order valence-corrected chi connectivity index (χ4v) is 4.99. The molecule has 0 radical (unpaired) electrons. The first kappa shape index (κ1) is 29.2. The first-order valence-electron chi connectivity index (χ1n) is 13.0. The van der Waals surface area contributed by atoms with Crippen molar-refractivity contribution >= 4 is 40.4 Å². The van der Waals surface area contributed by atoms with Crippen LogP contribution in [0.15, 0.2) is 54.6 Å². The lowest BCUT2D eigenvalue weighted by molar-refractivity contribution is -0.194. The van der Waals surface area contributed by atoms with Gasteiger partial charge in [-0.1, -0.05) is 30.3 Å². The average molecular weight is 566 g/mol. The van der Waals surface area contributed by atoms with Gasteiger partial charge in [0.2, 0.25) is 11.6 Å². The second kappa shape index (κ2) is 12.2. The molecule has 216 valence electrons. The number of hydrogen-bond donors (Lipinski definition) is 7. The molecular formula is C28H31N5O8. The van der Waals surface area contributed by atoms with Crippen LogP contribution in [0.25, 0.3) is 10.9 Å². The Kier molecular flexibility index (Phi) is 8.69. The molecule has 0 spiro atoms. The van der Waals surface area contributed by atoms with E-state index in [1.165, 1.54) is 18.2 Å². The lowest BCUT2D eigenvalue weighted by Crippen LogP contribution is -2.64. The minimum atomic E-state index is -2.74. The summed E-state index contributed by atoms with van der Waals surface area (Å²) in [4.78, 5) is 65.7. The van der Waals surface area contributed by atoms with E-state index in [1.807, 2.05) is 30.3 Å². The second-order valence-electron chi connectivity index (χ2n) is 9.96. The fraction of sp³-hybridized carbons (Fsp3) is 0.321. The van der Waals surface area contributed by atoms with E-state index in [4.69, 9.17) is 5.73 Å². The van der Waals surface area contributed by atoms with Crippen LogP contribution in [0.5, 0.6) is 5.75 Å². The van der Waals surface area contributed by atoms with Gasteiger partial charge in [-0.05, 0) is 49.1 Å². The molecule has 1 aliphatic heterocycles. The number of nitrogens with zero attached hydrogens (tertiary/aromatic N) is 1. The number of fused-ring (bicyclic) bond motifs is 1. The Labute approximate surface area is 234 Å². The Morgan fingerprint density at radius 1 is 1.10 bits per heavy atom. The van der Waals surface area contributed by atoms with Crippen molar-refractivity contribution < 1.29 is 39.3 Å². The number of hydrazine groups is 1. The van der Waals surface area contributed by atoms with Crippen molar-refractivity contribution in [3.05, 3.63) is 65.9 Å². The number of benzene rings is 2. The van der Waals surface area contributed by atoms with Gasteiger partial charge in [-0.15, -0.1) is 0 Å². The molecule has 1 saturated heterocycles. The molecule has 2 heterocycles. The molecular weight excluding hydrogens is 534 g/mol. The molecule has 13 nitrogen and oxygen atoms in total. The number of carboxylic acid groups (broad SMARTS) is 1. The van der Waals surface area contributed by atoms with Crippen LogP contribution in [0, 0.1) is 5.92 Å². The van der Waals surface area contributed by atoms with E-state index in [-0.39, 0.29) is 30.8 Å². The van der Waals surface area contributed by atoms with Gasteiger partial charge in [-0.25, -0.2) is 4.79 Å². The number of phenolic OH excluding ortho intramolecular Hbond substituents is 1. The molecule has 3 atom stereocenters. The maximum Gasteiger partial charge on any atom is 0.353 e. The van der Waals surface area contributed by atoms with Crippen LogP contribution in [0.1, 0.15) is 41.7 Å². The fourth-order valence-electron chi connectivity index (χ4n) is 4.99. The highest BCUT2D eigenvalue weighted by molar-refractivity contribution is 6.01. The van der Waals surface area contributed by atoms with E-state index in [1.54, 1.807) is 6.07 Å². The summed E-state index contributed by atoms with van der Waals surface area (Å²) in [7, 11) is 0. The molecule has 2 aromatic carbocycles. The number of nitrogens with one attached hydrogen (secondary N) is 3. The smallest absolute Gasteiger partial charge is 0.353 e. The highest BCUT2D eigenvalue weighted by atomic mass is 16.4. The van der Waals surface area contributed by atoms with Crippen molar-refractivity contribution in [3.63, 3.8) is 0 Å². The van der Waals surface area contributed by atoms with E-state index in [0.29, 0.717) is 23.7 Å². The Hall–Kier alpha value is -4.75. The monoisotopic (exact) mass is 565 g/mol. The Balaban J connectivity index is 1.44. The maximum atomic E-state index is 13.1. The number of aromatic hydroxyl groups is 1. The highest BCUT2D eigenvalue weighted by Crippen LogP contribution is 2.34. The van der Waals surface area contributed by atoms with Gasteiger partial charge >= 0.3 is 5.97 Å². The van der Waals surface area contributed by atoms with Crippen molar-refractivity contribution in [2.24, 2.45) is 11.7 Å². The van der Waals surface area contributed by atoms with Crippen molar-refractivity contribution in [1.29, 1.82) is 0 Å². The van der Waals surface area contributed by atoms with E-state index in [9.17, 15) is 39.3 Å². The molecule has 0 bridgehead atoms. The minimum absolute atomic E-state index is 0.0149. The lowest BCUT2D eigenvalue weighted by atomic mass is 9.89. The maximum absolute atomic E-state index is 13.1. The molecule has 13 heteroatoms. The Bertz CT molecular complexity index is 1470. The number of rotatable bonds is 12. The van der Waals surface area contributed by atoms with Gasteiger partial charge < -0.3 is 31.4 Å². The molecule has 1 fully saturated rings. The van der Waals surface area contributed by atoms with Crippen molar-refractivity contribution in [3.8, 4) is 5.75 Å². The van der Waals surface area contributed by atoms with E-state index in [2.05, 4.69) is 15.7 Å². The number of phenols is 1. The summed E-state index contributed by atoms with van der Waals surface area (Å²) in [5.41, 5.74) is 6.37. The number of hydrogen-bond acceptors (Lipinski definition) is 8. The zero-order valence-corrected chi connectivity index (χ0v) is 22.0. The predicted octanol–water partition coefficient (Wildman–Crippen LogP) is 0.566. The molecule has 1 unspecified atom stereocenters. The summed E-state index contributed by atoms with van der Waals surface area (Å²) < 4.78 is 0. The topological polar surface area (TPSA) is 215 Å². The van der Waals surface area contributed by atoms with Crippen LogP contribution >= 0.6 is 0 Å². The van der Waals surface area contributed by atoms with Crippen LogP contribution in [-0.2, 0) is 25.6 Å². The summed E-state index contributed by atoms with van der Waals surface area (Å²) in [5, 5.41) is 34.3. The number of ketones is 1. The van der Waals surface area contributed by atoms with E-state index < -0.39 is 53.6 Å². The molecule has 41 heavy (non-hydrogen) atoms. The standard InChI is InChI=1S/C28H31N5O8/c29-24(36)15-22(31-25(37)21-14-17-13-18(34)9-10-20(17)30-21)26(38)32-33-12-11-19(28(33,41)27(39)40)23(35)8-4-7-16-5-2-1-3-6-16/h1-3,5-6,9-10,13-14,19,22,30,34,41H,4,7-8,11-12,15H2,(H2,29,36)(H,31,37)(H,32,38)(H,39,40)/t19?,22-,28+/m0/s1. The van der Waals surface area contributed by atoms with Crippen LogP contribution in [0.3, 0.4) is 0 Å². The number of aromatic amines is 1. The molecule has 1 aliphatic rings. The number of H-pyrrole nitrogens is 1. The van der Waals surface area contributed by atoms with Gasteiger partial charge in [-0.3, -0.25) is 24.6 Å². The number of carbonyl (C=O) groups is 5. The first-order chi connectivity index (χ1) is 19.5. The lowest BCUT2D eigenvalue weighted by Gasteiger charge is -2.34. The zero-order valence-electron chi connectivity index (χ0n) is 22.0. The Morgan fingerprint density at radius 3 is 2.51 bits per heavy atom. The number of carbonyl (C=O) groups excluding carboxylic acids is 4. The van der Waals surface area contributed by atoms with Gasteiger partial charge in [-0.2, -0.15) is 5.01 Å². The molecule has 1 aromatic heterocycles. The summed E-state index contributed by atoms with van der Waals surface area (Å²) >= 11 is 0. The van der Waals surface area contributed by atoms with Crippen molar-refractivity contribution in [1.82, 2.24) is 20.7 Å². The van der Waals surface area contributed by atoms with Gasteiger partial charge in [0.05, 0.1) is 12.3 Å². The van der Waals surface area contributed by atoms with E-state index in [0.717, 1.165) is 10.6 Å². The minimum Gasteiger partial charge on any atom is -0.508 e. The Morgan fingerprint density at radius 2 is 1.83 bits per heavy atom. The number of aromatic nitrogens is 1. The normalized spacial score (nSPS) is 19.5. The largest absolute Gasteiger partial charge is 0.508 e. The number of amides is 3. The van der Waals surface area contributed by atoms with Crippen molar-refractivity contribution in [2.75, 3.05) is 6.54 Å². The predicted molar refractivity (Wildman–Crippen MR) is 145 cm³/mol. The van der Waals surface area contributed by atoms with Gasteiger partial charge in [0.25, 0.3) is 11.8 Å². The third-order valence-corrected chi connectivity index (χ3v) is 7.09. The number of aryl methyl sites for hydroxylation is 1. The highest BCUT2D eigenvalue weighted by Gasteiger charge is 2.57. The molecule has 4 rings (SSSR count). The SMILES string of the molecule is NC(=O)C[C@H](NC(=O)c1cc2cc(O)ccc2[nH]1)C(=O)NN1CCC(C(=O)CCCc2ccccc2)[C@@]1(O)C(=O)O. The quantitative estimate of drug-likeness (QED) is 0.163. The van der Waals surface area contributed by atoms with Crippen LogP contribution in [0.4, 0.5) is 0 Å². The summed E-state index contributed by atoms with van der Waals surface area (Å²) in [6.07, 6.45) is 0.403. The van der Waals surface area contributed by atoms with Gasteiger partial charge in [0.1, 0.15) is 23.3 Å². The summed E-state index contributed by atoms with van der Waals surface area (Å²) in [6, 6.07) is 13.7. The molecule has 8 N–H and O–H groups in total. The van der Waals surface area contributed by atoms with Gasteiger partial charge in [0.15, 0.2) is 0 Å². The average Bonchev–Trinajstić information content (AvgIpc) is 3.50. The van der Waals surface area contributed by atoms with Crippen LogP contribution in [-0.4, -0.2) is 73.1 Å². The van der Waals surface area contributed by atoms with Crippen molar-refractivity contribution in [2.45, 2.75) is 43.9 Å². The third-order valence-electron chi connectivity index (χ3n) is 7.09. The number of aliphatic carboxylic acids is 1. The van der Waals surface area contributed by atoms with Crippen LogP contribution in [0.2, 0.25) is 0 Å². The zero-order chi connectivity index (χ0) is 29.7. The number of primary amides is 1. The van der Waals surface area contributed by atoms with E-state index >= 15 is 0 Å². The number of carboxylic acids is 1. The molecule has 0 aliphatic carbocycles. The molecule has 3 aromatic rings. The first-order valence-corrected chi connectivity index (χ1v) is 13.0. The molecule has 0 saturated carbocycles.